The maximum absolute atomic E-state index is 8.96. The molecule has 0 radical (unpaired) electrons. The van der Waals surface area contributed by atoms with Crippen LogP contribution in [0.2, 0.25) is 0 Å². The van der Waals surface area contributed by atoms with E-state index in [0.29, 0.717) is 32.1 Å². The maximum Gasteiger partial charge on any atom is 0.0625 e. The fourth-order valence-corrected chi connectivity index (χ4v) is 11.2. The zero-order valence-corrected chi connectivity index (χ0v) is 18.7. The first-order chi connectivity index (χ1) is 13.2. The van der Waals surface area contributed by atoms with Crippen LogP contribution in [0.25, 0.3) is 0 Å². The van der Waals surface area contributed by atoms with Gasteiger partial charge in [0.2, 0.25) is 0 Å². The fraction of sp³-hybridized carbons (Fsp3) is 0.737. The molecule has 0 fully saturated rings. The largest absolute Gasteiger partial charge is 0.198 e. The van der Waals surface area contributed by atoms with Crippen molar-refractivity contribution in [3.05, 3.63) is 0 Å². The minimum Gasteiger partial charge on any atom is -0.198 e. The summed E-state index contributed by atoms with van der Waals surface area (Å²) in [6.45, 7) is 0. The van der Waals surface area contributed by atoms with Gasteiger partial charge in [0.15, 0.2) is 0 Å². The van der Waals surface area contributed by atoms with Gasteiger partial charge in [-0.05, 0) is 55.5 Å². The molecule has 0 spiro atoms. The topological polar surface area (TPSA) is 119 Å². The first-order valence-electron chi connectivity index (χ1n) is 9.23. The van der Waals surface area contributed by atoms with E-state index in [1.165, 1.54) is 0 Å². The number of hydrogen-bond donors (Lipinski definition) is 0. The van der Waals surface area contributed by atoms with Crippen LogP contribution in [-0.4, -0.2) is 55.5 Å². The molecule has 0 amide bonds. The third-order valence-corrected chi connectivity index (χ3v) is 12.6. The lowest BCUT2D eigenvalue weighted by molar-refractivity contribution is 1.15. The minimum atomic E-state index is -0.257. The summed E-state index contributed by atoms with van der Waals surface area (Å²) in [5, 5.41) is 44.3. The molecule has 0 N–H and O–H groups in total. The molecule has 0 aliphatic rings. The van der Waals surface area contributed by atoms with E-state index in [0.717, 1.165) is 55.5 Å². The molecule has 27 heavy (non-hydrogen) atoms. The van der Waals surface area contributed by atoms with Crippen molar-refractivity contribution in [1.82, 2.24) is 0 Å². The van der Waals surface area contributed by atoms with E-state index in [1.807, 2.05) is 0 Å². The van der Waals surface area contributed by atoms with Crippen LogP contribution in [0.1, 0.15) is 32.1 Å². The monoisotopic (exact) mass is 419 g/mol. The summed E-state index contributed by atoms with van der Waals surface area (Å²) in [7, 11) is -0.728. The van der Waals surface area contributed by atoms with Gasteiger partial charge < -0.3 is 0 Å². The molecule has 8 heteroatoms. The Morgan fingerprint density at radius 2 is 0.519 bits per heavy atom. The second-order valence-electron chi connectivity index (χ2n) is 6.07. The Kier molecular flexibility index (Phi) is 18.6. The molecular formula is C19H28N5P3. The zero-order chi connectivity index (χ0) is 20.2. The quantitative estimate of drug-likeness (QED) is 0.326. The molecule has 0 aliphatic carbocycles. The van der Waals surface area contributed by atoms with Crippen molar-refractivity contribution in [3.63, 3.8) is 0 Å². The maximum atomic E-state index is 8.96. The van der Waals surface area contributed by atoms with Crippen LogP contribution in [0.3, 0.4) is 0 Å². The van der Waals surface area contributed by atoms with E-state index in [-0.39, 0.29) is 23.8 Å². The lowest BCUT2D eigenvalue weighted by Crippen LogP contribution is -2.06. The third kappa shape index (κ3) is 15.5. The van der Waals surface area contributed by atoms with E-state index in [9.17, 15) is 0 Å². The van der Waals surface area contributed by atoms with Crippen molar-refractivity contribution < 1.29 is 0 Å². The number of hydrogen-bond acceptors (Lipinski definition) is 5. The smallest absolute Gasteiger partial charge is 0.0625 e. The summed E-state index contributed by atoms with van der Waals surface area (Å²) in [4.78, 5) is 0. The van der Waals surface area contributed by atoms with Crippen molar-refractivity contribution in [2.75, 3.05) is 55.5 Å². The van der Waals surface area contributed by atoms with Crippen molar-refractivity contribution in [2.24, 2.45) is 0 Å². The molecule has 0 aliphatic heterocycles. The van der Waals surface area contributed by atoms with Crippen LogP contribution in [-0.2, 0) is 0 Å². The Balaban J connectivity index is 4.62. The zero-order valence-electron chi connectivity index (χ0n) is 16.0. The Morgan fingerprint density at radius 3 is 0.704 bits per heavy atom. The second-order valence-corrected chi connectivity index (χ2v) is 14.1. The predicted molar refractivity (Wildman–Crippen MR) is 116 cm³/mol. The highest BCUT2D eigenvalue weighted by Crippen LogP contribution is 2.47. The lowest BCUT2D eigenvalue weighted by Gasteiger charge is -2.23. The molecule has 0 aromatic carbocycles. The standard InChI is InChI=1S/C19H28N5P3/c20-6-1-11-25(12-2-7-21)16-18-27(15-5-10-24)19-17-26(13-3-8-22)14-4-9-23/h1-5,11-19H2. The Bertz CT molecular complexity index is 511. The van der Waals surface area contributed by atoms with Gasteiger partial charge in [-0.3, -0.25) is 0 Å². The molecule has 0 unspecified atom stereocenters. The molecule has 0 aromatic rings. The van der Waals surface area contributed by atoms with E-state index >= 15 is 0 Å². The highest BCUT2D eigenvalue weighted by molar-refractivity contribution is 7.63. The van der Waals surface area contributed by atoms with Gasteiger partial charge in [0, 0.05) is 32.1 Å². The SMILES string of the molecule is N#CCCP(CCC#N)CCP(CCC#N)CCP(CCC#N)CCC#N. The summed E-state index contributed by atoms with van der Waals surface area (Å²) < 4.78 is 0. The first-order valence-corrected chi connectivity index (χ1v) is 14.9. The minimum absolute atomic E-state index is 0.213. The highest BCUT2D eigenvalue weighted by atomic mass is 31.1. The van der Waals surface area contributed by atoms with E-state index in [2.05, 4.69) is 30.3 Å². The molecule has 0 atom stereocenters. The molecule has 0 heterocycles. The third-order valence-electron chi connectivity index (χ3n) is 4.16. The lowest BCUT2D eigenvalue weighted by atomic mass is 10.5. The highest BCUT2D eigenvalue weighted by Gasteiger charge is 2.15. The van der Waals surface area contributed by atoms with Crippen LogP contribution < -0.4 is 0 Å². The molecule has 0 saturated heterocycles. The van der Waals surface area contributed by atoms with E-state index in [4.69, 9.17) is 26.3 Å². The van der Waals surface area contributed by atoms with Crippen LogP contribution in [0.15, 0.2) is 0 Å². The number of nitrogens with zero attached hydrogens (tertiary/aromatic N) is 5. The Hall–Kier alpha value is -1.26. The molecular weight excluding hydrogens is 391 g/mol. The van der Waals surface area contributed by atoms with Gasteiger partial charge in [-0.2, -0.15) is 26.3 Å². The van der Waals surface area contributed by atoms with Crippen LogP contribution in [0.5, 0.6) is 0 Å². The molecule has 0 rings (SSSR count). The molecule has 5 nitrogen and oxygen atoms in total. The predicted octanol–water partition coefficient (Wildman–Crippen LogP) is 5.00. The van der Waals surface area contributed by atoms with Gasteiger partial charge >= 0.3 is 0 Å². The summed E-state index contributed by atoms with van der Waals surface area (Å²) in [5.74, 6) is 0. The number of nitriles is 5. The van der Waals surface area contributed by atoms with Gasteiger partial charge in [-0.1, -0.05) is 0 Å². The van der Waals surface area contributed by atoms with Gasteiger partial charge in [-0.25, -0.2) is 0 Å². The van der Waals surface area contributed by atoms with Gasteiger partial charge in [0.25, 0.3) is 0 Å². The van der Waals surface area contributed by atoms with Gasteiger partial charge in [0.1, 0.15) is 0 Å². The van der Waals surface area contributed by atoms with Crippen LogP contribution >= 0.6 is 23.8 Å². The van der Waals surface area contributed by atoms with Crippen LogP contribution in [0.4, 0.5) is 0 Å². The first kappa shape index (κ1) is 25.7. The summed E-state index contributed by atoms with van der Waals surface area (Å²) in [5.41, 5.74) is 0. The average molecular weight is 419 g/mol. The normalized spacial score (nSPS) is 10.1. The van der Waals surface area contributed by atoms with Crippen molar-refractivity contribution in [1.29, 1.82) is 26.3 Å². The molecule has 0 bridgehead atoms. The van der Waals surface area contributed by atoms with Crippen molar-refractivity contribution in [3.8, 4) is 30.3 Å². The molecule has 144 valence electrons. The number of rotatable bonds is 16. The van der Waals surface area contributed by atoms with Gasteiger partial charge in [0.05, 0.1) is 30.3 Å². The van der Waals surface area contributed by atoms with Crippen molar-refractivity contribution >= 4 is 23.8 Å². The van der Waals surface area contributed by atoms with Crippen molar-refractivity contribution in [2.45, 2.75) is 32.1 Å². The summed E-state index contributed by atoms with van der Waals surface area (Å²) in [6, 6.07) is 11.1. The van der Waals surface area contributed by atoms with E-state index < -0.39 is 0 Å². The van der Waals surface area contributed by atoms with E-state index in [1.54, 1.807) is 0 Å². The Labute approximate surface area is 168 Å². The molecule has 0 saturated carbocycles. The molecule has 0 aromatic heterocycles. The second kappa shape index (κ2) is 19.5. The summed E-state index contributed by atoms with van der Waals surface area (Å²) >= 11 is 0. The van der Waals surface area contributed by atoms with Gasteiger partial charge in [-0.15, -0.1) is 23.8 Å². The summed E-state index contributed by atoms with van der Waals surface area (Å²) in [6.07, 6.45) is 12.0. The fourth-order valence-electron chi connectivity index (χ4n) is 2.61. The van der Waals surface area contributed by atoms with Crippen LogP contribution in [0, 0.1) is 56.7 Å². The average Bonchev–Trinajstić information content (AvgIpc) is 2.69. The Morgan fingerprint density at radius 1 is 0.333 bits per heavy atom.